The van der Waals surface area contributed by atoms with E-state index in [9.17, 15) is 26.3 Å². The largest absolute Gasteiger partial charge is 0.436 e. The highest BCUT2D eigenvalue weighted by Crippen LogP contribution is 2.53. The summed E-state index contributed by atoms with van der Waals surface area (Å²) < 4.78 is 153. The summed E-state index contributed by atoms with van der Waals surface area (Å²) in [5.74, 6) is -18.0. The minimum Gasteiger partial charge on any atom is -0.436 e. The van der Waals surface area contributed by atoms with Gasteiger partial charge in [-0.25, -0.2) is 4.39 Å². The summed E-state index contributed by atoms with van der Waals surface area (Å²) in [4.78, 5) is 0. The molecule has 0 aliphatic carbocycles. The van der Waals surface area contributed by atoms with Crippen LogP contribution >= 0.6 is 0 Å². The van der Waals surface area contributed by atoms with Gasteiger partial charge >= 0.3 is 33.2 Å². The average molecular weight is 603 g/mol. The second kappa shape index (κ2) is 11.9. The van der Waals surface area contributed by atoms with Crippen molar-refractivity contribution >= 4 is 32.0 Å². The zero-order valence-corrected chi connectivity index (χ0v) is 24.5. The molecule has 0 radical (unpaired) electrons. The zero-order valence-electron chi connectivity index (χ0n) is 21.3. The van der Waals surface area contributed by atoms with Gasteiger partial charge in [-0.3, -0.25) is 0 Å². The molecule has 214 valence electrons. The Labute approximate surface area is 214 Å². The van der Waals surface area contributed by atoms with Crippen molar-refractivity contribution in [3.8, 4) is 0 Å². The van der Waals surface area contributed by atoms with E-state index in [4.69, 9.17) is 8.23 Å². The third-order valence-corrected chi connectivity index (χ3v) is 13.2. The van der Waals surface area contributed by atoms with Gasteiger partial charge in [0.15, 0.2) is 22.8 Å². The van der Waals surface area contributed by atoms with Crippen molar-refractivity contribution < 1.29 is 52.1 Å². The van der Waals surface area contributed by atoms with Crippen LogP contribution in [0.15, 0.2) is 35.5 Å². The normalized spacial score (nSPS) is 15.9. The highest BCUT2D eigenvalue weighted by molar-refractivity contribution is 6.83. The molecule has 0 bridgehead atoms. The van der Waals surface area contributed by atoms with Crippen molar-refractivity contribution in [2.45, 2.75) is 88.7 Å². The molecule has 0 spiro atoms. The molecule has 2 nitrogen and oxygen atoms in total. The predicted molar refractivity (Wildman–Crippen MR) is 130 cm³/mol. The molecular weight excluding hydrogens is 570 g/mol. The van der Waals surface area contributed by atoms with E-state index in [-0.39, 0.29) is 5.56 Å². The average Bonchev–Trinajstić information content (AvgIpc) is 2.68. The molecule has 15 heteroatoms. The molecule has 1 atom stereocenters. The fourth-order valence-corrected chi connectivity index (χ4v) is 10.7. The second-order valence-electron chi connectivity index (χ2n) is 10.5. The number of allylic oxidation sites excluding steroid dienone is 1. The van der Waals surface area contributed by atoms with Gasteiger partial charge in [0.2, 0.25) is 0 Å². The molecule has 1 rings (SSSR count). The van der Waals surface area contributed by atoms with Gasteiger partial charge in [-0.1, -0.05) is 30.3 Å². The third-order valence-electron chi connectivity index (χ3n) is 4.78. The third kappa shape index (κ3) is 9.82. The molecule has 0 aliphatic rings. The summed E-state index contributed by atoms with van der Waals surface area (Å²) in [5.41, 5.74) is -0.0332. The highest BCUT2D eigenvalue weighted by Gasteiger charge is 2.76. The quantitative estimate of drug-likeness (QED) is 0.167. The molecular formula is C22H32F10O2Si3. The molecule has 0 aliphatic heterocycles. The van der Waals surface area contributed by atoms with Crippen molar-refractivity contribution in [2.75, 3.05) is 0 Å². The Kier molecular flexibility index (Phi) is 10.9. The number of hydrogen-bond donors (Lipinski definition) is 0. The number of rotatable bonds is 13. The smallest absolute Gasteiger partial charge is 0.389 e. The molecule has 0 saturated heterocycles. The summed E-state index contributed by atoms with van der Waals surface area (Å²) >= 11 is 0. The molecule has 37 heavy (non-hydrogen) atoms. The van der Waals surface area contributed by atoms with Crippen LogP contribution in [0.3, 0.4) is 0 Å². The van der Waals surface area contributed by atoms with Gasteiger partial charge < -0.3 is 8.23 Å². The monoisotopic (exact) mass is 602 g/mol. The van der Waals surface area contributed by atoms with E-state index >= 15 is 17.6 Å². The molecule has 0 fully saturated rings. The Balaban J connectivity index is 3.63. The Bertz CT molecular complexity index is 879. The minimum atomic E-state index is -6.31. The lowest BCUT2D eigenvalue weighted by atomic mass is 9.96. The van der Waals surface area contributed by atoms with Gasteiger partial charge in [-0.05, 0) is 63.8 Å². The van der Waals surface area contributed by atoms with Crippen LogP contribution in [0.2, 0.25) is 39.3 Å². The van der Waals surface area contributed by atoms with E-state index in [2.05, 4.69) is 0 Å². The molecule has 1 aromatic carbocycles. The van der Waals surface area contributed by atoms with Crippen molar-refractivity contribution in [2.24, 2.45) is 0 Å². The van der Waals surface area contributed by atoms with Crippen LogP contribution < -0.4 is 0 Å². The summed E-state index contributed by atoms with van der Waals surface area (Å²) in [7, 11) is -9.53. The summed E-state index contributed by atoms with van der Waals surface area (Å²) in [6.07, 6.45) is -12.9. The lowest BCUT2D eigenvalue weighted by Gasteiger charge is -2.39. The van der Waals surface area contributed by atoms with Crippen LogP contribution in [0.5, 0.6) is 0 Å². The minimum absolute atomic E-state index is 0.0332. The van der Waals surface area contributed by atoms with Crippen LogP contribution in [-0.4, -0.2) is 56.0 Å². The van der Waals surface area contributed by atoms with Crippen LogP contribution in [0.4, 0.5) is 43.9 Å². The highest BCUT2D eigenvalue weighted by atomic mass is 28.4. The second-order valence-corrected chi connectivity index (χ2v) is 22.2. The fourth-order valence-electron chi connectivity index (χ4n) is 3.08. The Morgan fingerprint density at radius 3 is 1.70 bits per heavy atom. The number of halogens is 10. The van der Waals surface area contributed by atoms with Crippen LogP contribution in [-0.2, 0) is 8.23 Å². The molecule has 0 heterocycles. The topological polar surface area (TPSA) is 18.5 Å². The first kappa shape index (κ1) is 33.9. The van der Waals surface area contributed by atoms with Crippen molar-refractivity contribution in [3.63, 3.8) is 0 Å². The van der Waals surface area contributed by atoms with Crippen LogP contribution in [0.1, 0.15) is 24.8 Å². The van der Waals surface area contributed by atoms with Crippen LogP contribution in [0.25, 0.3) is 6.08 Å². The summed E-state index contributed by atoms with van der Waals surface area (Å²) in [6.45, 7) is 9.44. The maximum absolute atomic E-state index is 15.6. The van der Waals surface area contributed by atoms with Gasteiger partial charge in [0, 0.05) is 11.6 Å². The predicted octanol–water partition coefficient (Wildman–Crippen LogP) is 8.51. The summed E-state index contributed by atoms with van der Waals surface area (Å²) in [6, 6.07) is 6.87. The molecule has 1 aromatic rings. The first-order valence-electron chi connectivity index (χ1n) is 11.4. The summed E-state index contributed by atoms with van der Waals surface area (Å²) in [5, 5.41) is -1.50. The maximum Gasteiger partial charge on any atom is 0.389 e. The van der Waals surface area contributed by atoms with Gasteiger partial charge in [0.1, 0.15) is 0 Å². The van der Waals surface area contributed by atoms with Crippen LogP contribution in [0, 0.1) is 0 Å². The van der Waals surface area contributed by atoms with Crippen molar-refractivity contribution in [1.82, 2.24) is 0 Å². The van der Waals surface area contributed by atoms with E-state index in [1.165, 1.54) is 30.3 Å². The van der Waals surface area contributed by atoms with E-state index in [0.717, 1.165) is 0 Å². The Hall–Kier alpha value is -1.17. The lowest BCUT2D eigenvalue weighted by molar-refractivity contribution is -0.312. The Morgan fingerprint density at radius 1 is 0.838 bits per heavy atom. The van der Waals surface area contributed by atoms with E-state index < -0.39 is 80.5 Å². The molecule has 0 aromatic heterocycles. The SMILES string of the molecule is C[Si](C)(C)O[SiH](O[Si](C)(C)C)C(=Cc1ccccc1)C(F)(F)C(F)(F)C(F)(F)C(F)CCCC(F)(F)F. The number of benzene rings is 1. The van der Waals surface area contributed by atoms with E-state index in [1.54, 1.807) is 39.3 Å². The molecule has 1 unspecified atom stereocenters. The van der Waals surface area contributed by atoms with Crippen molar-refractivity contribution in [3.05, 3.63) is 41.1 Å². The molecule has 0 saturated carbocycles. The van der Waals surface area contributed by atoms with E-state index in [0.29, 0.717) is 6.08 Å². The Morgan fingerprint density at radius 2 is 1.30 bits per heavy atom. The first-order valence-corrected chi connectivity index (χ1v) is 19.7. The molecule has 0 N–H and O–H groups in total. The fraction of sp³-hybridized carbons (Fsp3) is 0.636. The first-order chi connectivity index (χ1) is 16.4. The maximum atomic E-state index is 15.6. The van der Waals surface area contributed by atoms with Gasteiger partial charge in [0.25, 0.3) is 0 Å². The van der Waals surface area contributed by atoms with Gasteiger partial charge in [0.05, 0.1) is 0 Å². The van der Waals surface area contributed by atoms with E-state index in [1.807, 2.05) is 0 Å². The zero-order chi connectivity index (χ0) is 29.1. The van der Waals surface area contributed by atoms with Gasteiger partial charge in [-0.2, -0.15) is 39.5 Å². The standard InChI is InChI=1S/C22H32F10O2Si3/c1-36(2,3)33-35(34-37(4,5)6)18(15-16-11-8-7-9-12-16)21(29,30)22(31,32)20(27,28)17(23)13-10-14-19(24,25)26/h7-9,11-12,15,17,35H,10,13-14H2,1-6H3. The van der Waals surface area contributed by atoms with Gasteiger partial charge in [-0.15, -0.1) is 0 Å². The number of hydrogen-bond acceptors (Lipinski definition) is 2. The number of alkyl halides is 10. The molecule has 0 amide bonds. The van der Waals surface area contributed by atoms with Crippen molar-refractivity contribution in [1.29, 1.82) is 0 Å². The lowest BCUT2D eigenvalue weighted by Crippen LogP contribution is -2.61.